The summed E-state index contributed by atoms with van der Waals surface area (Å²) in [4.78, 5) is 8.64. The maximum atomic E-state index is 14.7. The van der Waals surface area contributed by atoms with E-state index in [1.807, 2.05) is 0 Å². The van der Waals surface area contributed by atoms with Crippen molar-refractivity contribution in [3.63, 3.8) is 0 Å². The van der Waals surface area contributed by atoms with Gasteiger partial charge in [0.1, 0.15) is 42.3 Å². The van der Waals surface area contributed by atoms with Gasteiger partial charge in [0.05, 0.1) is 6.54 Å². The first-order valence-electron chi connectivity index (χ1n) is 9.90. The quantitative estimate of drug-likeness (QED) is 0.456. The van der Waals surface area contributed by atoms with Gasteiger partial charge in [-0.1, -0.05) is 36.4 Å². The van der Waals surface area contributed by atoms with Gasteiger partial charge in [-0.05, 0) is 29.8 Å². The lowest BCUT2D eigenvalue weighted by molar-refractivity contribution is 0.225. The Labute approximate surface area is 181 Å². The van der Waals surface area contributed by atoms with Crippen LogP contribution in [-0.2, 0) is 16.8 Å². The summed E-state index contributed by atoms with van der Waals surface area (Å²) < 4.78 is 49.7. The van der Waals surface area contributed by atoms with Crippen LogP contribution in [0.25, 0.3) is 11.1 Å². The Morgan fingerprint density at radius 2 is 1.69 bits per heavy atom. The van der Waals surface area contributed by atoms with E-state index in [2.05, 4.69) is 10.1 Å². The summed E-state index contributed by atoms with van der Waals surface area (Å²) in [5, 5.41) is 4.10. The van der Waals surface area contributed by atoms with Gasteiger partial charge in [0.2, 0.25) is 5.90 Å². The molecular formula is C24H17F3N4O. The van der Waals surface area contributed by atoms with Gasteiger partial charge in [-0.15, -0.1) is 0 Å². The van der Waals surface area contributed by atoms with Gasteiger partial charge in [0.15, 0.2) is 0 Å². The number of rotatable bonds is 5. The van der Waals surface area contributed by atoms with Crippen LogP contribution in [0.2, 0.25) is 0 Å². The maximum absolute atomic E-state index is 14.7. The number of halogens is 3. The topological polar surface area (TPSA) is 52.3 Å². The number of hydrogen-bond donors (Lipinski definition) is 0. The average Bonchev–Trinajstić information content (AvgIpc) is 3.45. The zero-order valence-electron chi connectivity index (χ0n) is 16.8. The first-order valence-corrected chi connectivity index (χ1v) is 9.90. The lowest BCUT2D eigenvalue weighted by atomic mass is 9.91. The number of hydrogen-bond acceptors (Lipinski definition) is 4. The van der Waals surface area contributed by atoms with Gasteiger partial charge in [-0.2, -0.15) is 5.10 Å². The number of ether oxygens (including phenoxy) is 1. The summed E-state index contributed by atoms with van der Waals surface area (Å²) in [6.07, 6.45) is 2.87. The monoisotopic (exact) mass is 434 g/mol. The maximum Gasteiger partial charge on any atom is 0.217 e. The van der Waals surface area contributed by atoms with E-state index >= 15 is 0 Å². The molecule has 1 aliphatic rings. The molecule has 0 saturated heterocycles. The molecule has 3 aromatic carbocycles. The van der Waals surface area contributed by atoms with Gasteiger partial charge < -0.3 is 4.74 Å². The highest BCUT2D eigenvalue weighted by molar-refractivity contribution is 5.96. The highest BCUT2D eigenvalue weighted by Gasteiger charge is 2.42. The molecule has 0 N–H and O–H groups in total. The van der Waals surface area contributed by atoms with Crippen LogP contribution in [0.15, 0.2) is 84.4 Å². The van der Waals surface area contributed by atoms with Crippen LogP contribution in [0.5, 0.6) is 0 Å². The molecule has 8 heteroatoms. The Morgan fingerprint density at radius 1 is 0.906 bits per heavy atom. The van der Waals surface area contributed by atoms with Crippen LogP contribution in [-0.4, -0.2) is 27.3 Å². The van der Waals surface area contributed by atoms with Crippen LogP contribution >= 0.6 is 0 Å². The molecule has 1 atom stereocenters. The van der Waals surface area contributed by atoms with Crippen molar-refractivity contribution >= 4 is 5.90 Å². The van der Waals surface area contributed by atoms with Crippen LogP contribution in [0, 0.1) is 17.5 Å². The summed E-state index contributed by atoms with van der Waals surface area (Å²) in [6, 6.07) is 17.0. The number of nitrogens with zero attached hydrogens (tertiary/aromatic N) is 4. The summed E-state index contributed by atoms with van der Waals surface area (Å²) in [5.41, 5.74) is 0.914. The largest absolute Gasteiger partial charge is 0.474 e. The molecule has 4 aromatic rings. The molecular weight excluding hydrogens is 417 g/mol. The van der Waals surface area contributed by atoms with Crippen molar-refractivity contribution in [2.45, 2.75) is 12.1 Å². The molecule has 0 fully saturated rings. The fourth-order valence-corrected chi connectivity index (χ4v) is 3.84. The molecule has 32 heavy (non-hydrogen) atoms. The first-order chi connectivity index (χ1) is 15.5. The minimum atomic E-state index is -1.15. The third-order valence-electron chi connectivity index (χ3n) is 5.40. The van der Waals surface area contributed by atoms with Crippen molar-refractivity contribution in [1.29, 1.82) is 0 Å². The molecule has 1 aliphatic heterocycles. The lowest BCUT2D eigenvalue weighted by Gasteiger charge is -2.24. The molecule has 1 unspecified atom stereocenters. The van der Waals surface area contributed by atoms with Crippen molar-refractivity contribution in [1.82, 2.24) is 14.8 Å². The van der Waals surface area contributed by atoms with E-state index in [0.29, 0.717) is 22.6 Å². The predicted molar refractivity (Wildman–Crippen MR) is 112 cm³/mol. The molecule has 0 bridgehead atoms. The summed E-state index contributed by atoms with van der Waals surface area (Å²) in [7, 11) is 0. The molecule has 1 aromatic heterocycles. The van der Waals surface area contributed by atoms with Gasteiger partial charge in [0, 0.05) is 22.8 Å². The number of aliphatic imine (C=N–C) groups is 1. The molecule has 0 radical (unpaired) electrons. The van der Waals surface area contributed by atoms with E-state index in [9.17, 15) is 13.2 Å². The molecule has 5 rings (SSSR count). The summed E-state index contributed by atoms with van der Waals surface area (Å²) >= 11 is 0. The Bertz CT molecular complexity index is 1290. The molecule has 0 spiro atoms. The second kappa shape index (κ2) is 7.96. The fourth-order valence-electron chi connectivity index (χ4n) is 3.84. The minimum absolute atomic E-state index is 0.0415. The molecule has 0 aliphatic carbocycles. The number of benzene rings is 3. The summed E-state index contributed by atoms with van der Waals surface area (Å²) in [6.45, 7) is 0.201. The van der Waals surface area contributed by atoms with E-state index in [-0.39, 0.29) is 24.5 Å². The van der Waals surface area contributed by atoms with Crippen molar-refractivity contribution in [2.24, 2.45) is 4.99 Å². The smallest absolute Gasteiger partial charge is 0.217 e. The standard InChI is InChI=1S/C24H17F3N4O/c25-18-9-10-20(22(27)11-18)24(12-31-15-28-14-29-31)13-32-23(30-24)17-7-5-16(6-8-17)19-3-1-2-4-21(19)26/h1-11,14-15H,12-13H2. The van der Waals surface area contributed by atoms with Crippen molar-refractivity contribution in [3.8, 4) is 11.1 Å². The predicted octanol–water partition coefficient (Wildman–Crippen LogP) is 4.73. The normalized spacial score (nSPS) is 17.8. The molecule has 2 heterocycles. The average molecular weight is 434 g/mol. The molecule has 0 saturated carbocycles. The van der Waals surface area contributed by atoms with Crippen LogP contribution in [0.3, 0.4) is 0 Å². The van der Waals surface area contributed by atoms with E-state index < -0.39 is 17.2 Å². The van der Waals surface area contributed by atoms with Crippen LogP contribution in [0.1, 0.15) is 11.1 Å². The Kier molecular flexibility index (Phi) is 4.97. The Hall–Kier alpha value is -3.94. The zero-order chi connectivity index (χ0) is 22.1. The summed E-state index contributed by atoms with van der Waals surface area (Å²) in [5.74, 6) is -1.38. The number of aromatic nitrogens is 3. The van der Waals surface area contributed by atoms with Crippen LogP contribution < -0.4 is 0 Å². The lowest BCUT2D eigenvalue weighted by Crippen LogP contribution is -2.32. The third kappa shape index (κ3) is 3.64. The van der Waals surface area contributed by atoms with Crippen LogP contribution in [0.4, 0.5) is 13.2 Å². The molecule has 5 nitrogen and oxygen atoms in total. The Morgan fingerprint density at radius 3 is 2.41 bits per heavy atom. The third-order valence-corrected chi connectivity index (χ3v) is 5.40. The SMILES string of the molecule is Fc1ccc(C2(Cn3cncn3)COC(c3ccc(-c4ccccc4F)cc3)=N2)c(F)c1. The molecule has 0 amide bonds. The second-order valence-corrected chi connectivity index (χ2v) is 7.51. The fraction of sp³-hybridized carbons (Fsp3) is 0.125. The van der Waals surface area contributed by atoms with Gasteiger partial charge >= 0.3 is 0 Å². The van der Waals surface area contributed by atoms with Gasteiger partial charge in [0.25, 0.3) is 0 Å². The minimum Gasteiger partial charge on any atom is -0.474 e. The van der Waals surface area contributed by atoms with E-state index in [1.54, 1.807) is 42.5 Å². The Balaban J connectivity index is 1.53. The first kappa shape index (κ1) is 20.0. The zero-order valence-corrected chi connectivity index (χ0v) is 16.8. The van der Waals surface area contributed by atoms with E-state index in [1.165, 1.54) is 35.5 Å². The highest BCUT2D eigenvalue weighted by Crippen LogP contribution is 2.36. The second-order valence-electron chi connectivity index (χ2n) is 7.51. The van der Waals surface area contributed by atoms with Crippen molar-refractivity contribution < 1.29 is 17.9 Å². The van der Waals surface area contributed by atoms with E-state index in [4.69, 9.17) is 9.73 Å². The highest BCUT2D eigenvalue weighted by atomic mass is 19.1. The molecule has 160 valence electrons. The van der Waals surface area contributed by atoms with Crippen molar-refractivity contribution in [3.05, 3.63) is 108 Å². The van der Waals surface area contributed by atoms with Gasteiger partial charge in [-0.25, -0.2) is 23.1 Å². The van der Waals surface area contributed by atoms with Gasteiger partial charge in [-0.3, -0.25) is 4.68 Å². The van der Waals surface area contributed by atoms with Crippen molar-refractivity contribution in [2.75, 3.05) is 6.61 Å². The van der Waals surface area contributed by atoms with E-state index in [0.717, 1.165) is 6.07 Å².